The molecule has 0 unspecified atom stereocenters. The summed E-state index contributed by atoms with van der Waals surface area (Å²) in [5.74, 6) is -0.369. The molecule has 3 aromatic heterocycles. The molecule has 0 bridgehead atoms. The predicted octanol–water partition coefficient (Wildman–Crippen LogP) is 5.50. The number of carbonyl (C=O) groups is 2. The van der Waals surface area contributed by atoms with Crippen molar-refractivity contribution in [2.24, 2.45) is 0 Å². The molecule has 142 valence electrons. The number of aryl methyl sites for hydroxylation is 1. The fourth-order valence-corrected chi connectivity index (χ4v) is 5.05. The van der Waals surface area contributed by atoms with Crippen molar-refractivity contribution in [1.29, 1.82) is 0 Å². The van der Waals surface area contributed by atoms with Crippen LogP contribution in [0.5, 0.6) is 0 Å². The second kappa shape index (κ2) is 7.21. The van der Waals surface area contributed by atoms with Crippen LogP contribution < -0.4 is 0 Å². The highest BCUT2D eigenvalue weighted by Gasteiger charge is 2.20. The number of esters is 1. The van der Waals surface area contributed by atoms with Gasteiger partial charge in [0.1, 0.15) is 9.88 Å². The van der Waals surface area contributed by atoms with Crippen molar-refractivity contribution in [1.82, 2.24) is 9.55 Å². The quantitative estimate of drug-likeness (QED) is 0.447. The van der Waals surface area contributed by atoms with Crippen molar-refractivity contribution in [3.63, 3.8) is 0 Å². The first-order chi connectivity index (χ1) is 13.5. The van der Waals surface area contributed by atoms with Gasteiger partial charge in [-0.05, 0) is 38.1 Å². The summed E-state index contributed by atoms with van der Waals surface area (Å²) < 4.78 is 6.37. The van der Waals surface area contributed by atoms with E-state index in [0.717, 1.165) is 20.1 Å². The van der Waals surface area contributed by atoms with Gasteiger partial charge in [-0.3, -0.25) is 0 Å². The fourth-order valence-electron chi connectivity index (χ4n) is 3.02. The van der Waals surface area contributed by atoms with E-state index < -0.39 is 6.09 Å². The lowest BCUT2D eigenvalue weighted by Gasteiger charge is -2.02. The monoisotopic (exact) mass is 412 g/mol. The van der Waals surface area contributed by atoms with Crippen LogP contribution in [0.1, 0.15) is 22.3 Å². The maximum Gasteiger partial charge on any atom is 0.416 e. The van der Waals surface area contributed by atoms with Gasteiger partial charge >= 0.3 is 12.1 Å². The Labute approximate surface area is 168 Å². The first-order valence-corrected chi connectivity index (χ1v) is 10.2. The van der Waals surface area contributed by atoms with E-state index in [0.29, 0.717) is 28.4 Å². The van der Waals surface area contributed by atoms with Gasteiger partial charge in [0.05, 0.1) is 33.3 Å². The molecule has 0 atom stereocenters. The van der Waals surface area contributed by atoms with Crippen LogP contribution >= 0.6 is 22.7 Å². The summed E-state index contributed by atoms with van der Waals surface area (Å²) in [5.41, 5.74) is 1.89. The van der Waals surface area contributed by atoms with Gasteiger partial charge in [0.25, 0.3) is 0 Å². The first kappa shape index (κ1) is 18.4. The molecule has 4 aromatic rings. The molecule has 0 radical (unpaired) electrons. The summed E-state index contributed by atoms with van der Waals surface area (Å²) in [6.45, 7) is 3.86. The normalized spacial score (nSPS) is 11.1. The number of ether oxygens (including phenoxy) is 1. The summed E-state index contributed by atoms with van der Waals surface area (Å²) in [5, 5.41) is 11.3. The van der Waals surface area contributed by atoms with E-state index in [9.17, 15) is 14.7 Å². The molecule has 8 heteroatoms. The van der Waals surface area contributed by atoms with E-state index in [-0.39, 0.29) is 5.97 Å². The Bertz CT molecular complexity index is 1200. The Morgan fingerprint density at radius 1 is 1.14 bits per heavy atom. The van der Waals surface area contributed by atoms with Gasteiger partial charge in [0.15, 0.2) is 0 Å². The van der Waals surface area contributed by atoms with Crippen LogP contribution in [0.25, 0.3) is 31.4 Å². The molecule has 0 saturated heterocycles. The highest BCUT2D eigenvalue weighted by Crippen LogP contribution is 2.39. The van der Waals surface area contributed by atoms with Gasteiger partial charge in [-0.2, -0.15) is 0 Å². The number of hydrogen-bond acceptors (Lipinski definition) is 6. The molecule has 6 nitrogen and oxygen atoms in total. The molecule has 0 aliphatic rings. The summed E-state index contributed by atoms with van der Waals surface area (Å²) in [7, 11) is 0. The SMILES string of the molecule is CCOC(=O)c1sc(-c2ccc(-c3cc4ccccc4n3C(=O)O)s2)nc1C. The smallest absolute Gasteiger partial charge is 0.416 e. The second-order valence-electron chi connectivity index (χ2n) is 6.02. The van der Waals surface area contributed by atoms with Crippen LogP contribution in [0.3, 0.4) is 0 Å². The molecule has 0 amide bonds. The molecular weight excluding hydrogens is 396 g/mol. The second-order valence-corrected chi connectivity index (χ2v) is 8.11. The molecule has 4 rings (SSSR count). The highest BCUT2D eigenvalue weighted by molar-refractivity contribution is 7.24. The van der Waals surface area contributed by atoms with Gasteiger partial charge in [-0.15, -0.1) is 22.7 Å². The van der Waals surface area contributed by atoms with E-state index in [1.165, 1.54) is 27.2 Å². The van der Waals surface area contributed by atoms with E-state index in [2.05, 4.69) is 4.98 Å². The van der Waals surface area contributed by atoms with Gasteiger partial charge in [-0.1, -0.05) is 18.2 Å². The van der Waals surface area contributed by atoms with Crippen LogP contribution in [0.15, 0.2) is 42.5 Å². The number of hydrogen-bond donors (Lipinski definition) is 1. The summed E-state index contributed by atoms with van der Waals surface area (Å²) in [6, 6.07) is 13.0. The Balaban J connectivity index is 1.76. The van der Waals surface area contributed by atoms with Gasteiger partial charge < -0.3 is 9.84 Å². The standard InChI is InChI=1S/C20H16N2O4S2/c1-3-26-19(23)17-11(2)21-18(28-17)16-9-8-15(27-16)14-10-12-6-4-5-7-13(12)22(14)20(24)25/h4-10H,3H2,1-2H3,(H,24,25). The Hall–Kier alpha value is -2.97. The van der Waals surface area contributed by atoms with Gasteiger partial charge in [0.2, 0.25) is 0 Å². The molecule has 0 aliphatic heterocycles. The lowest BCUT2D eigenvalue weighted by Crippen LogP contribution is -2.08. The third-order valence-corrected chi connectivity index (χ3v) is 6.64. The molecule has 0 saturated carbocycles. The zero-order valence-corrected chi connectivity index (χ0v) is 16.8. The minimum Gasteiger partial charge on any atom is -0.464 e. The fraction of sp³-hybridized carbons (Fsp3) is 0.150. The van der Waals surface area contributed by atoms with Crippen molar-refractivity contribution in [2.45, 2.75) is 13.8 Å². The van der Waals surface area contributed by atoms with Crippen LogP contribution in [-0.4, -0.2) is 33.3 Å². The van der Waals surface area contributed by atoms with Gasteiger partial charge in [-0.25, -0.2) is 19.1 Å². The predicted molar refractivity (Wildman–Crippen MR) is 110 cm³/mol. The topological polar surface area (TPSA) is 81.4 Å². The van der Waals surface area contributed by atoms with Crippen LogP contribution in [-0.2, 0) is 4.74 Å². The minimum absolute atomic E-state index is 0.314. The zero-order valence-electron chi connectivity index (χ0n) is 15.1. The maximum absolute atomic E-state index is 12.0. The lowest BCUT2D eigenvalue weighted by atomic mass is 10.2. The number of aromatic nitrogens is 2. The van der Waals surface area contributed by atoms with Gasteiger partial charge in [0, 0.05) is 5.39 Å². The number of thiazole rings is 1. The van der Waals surface area contributed by atoms with Crippen molar-refractivity contribution in [2.75, 3.05) is 6.61 Å². The number of rotatable bonds is 4. The molecule has 0 fully saturated rings. The van der Waals surface area contributed by atoms with E-state index >= 15 is 0 Å². The van der Waals surface area contributed by atoms with Crippen LogP contribution in [0, 0.1) is 6.92 Å². The summed E-state index contributed by atoms with van der Waals surface area (Å²) >= 11 is 2.73. The molecule has 1 N–H and O–H groups in total. The highest BCUT2D eigenvalue weighted by atomic mass is 32.1. The third-order valence-electron chi connectivity index (χ3n) is 4.23. The molecule has 28 heavy (non-hydrogen) atoms. The Morgan fingerprint density at radius 3 is 2.64 bits per heavy atom. The summed E-state index contributed by atoms with van der Waals surface area (Å²) in [4.78, 5) is 30.6. The van der Waals surface area contributed by atoms with Crippen molar-refractivity contribution in [3.8, 4) is 20.5 Å². The third kappa shape index (κ3) is 3.10. The first-order valence-electron chi connectivity index (χ1n) is 8.58. The Morgan fingerprint density at radius 2 is 1.89 bits per heavy atom. The Kier molecular flexibility index (Phi) is 4.74. The molecule has 3 heterocycles. The molecule has 0 aliphatic carbocycles. The summed E-state index contributed by atoms with van der Waals surface area (Å²) in [6.07, 6.45) is -1.03. The number of para-hydroxylation sites is 1. The average molecular weight is 412 g/mol. The minimum atomic E-state index is -1.03. The number of carboxylic acid groups (broad SMARTS) is 1. The van der Waals surface area contributed by atoms with Crippen molar-refractivity contribution >= 4 is 45.6 Å². The van der Waals surface area contributed by atoms with E-state index in [1.807, 2.05) is 36.4 Å². The molecular formula is C20H16N2O4S2. The zero-order chi connectivity index (χ0) is 19.8. The van der Waals surface area contributed by atoms with Crippen LogP contribution in [0.4, 0.5) is 4.79 Å². The van der Waals surface area contributed by atoms with E-state index in [4.69, 9.17) is 4.74 Å². The maximum atomic E-state index is 12.0. The number of benzene rings is 1. The number of fused-ring (bicyclic) bond motifs is 1. The average Bonchev–Trinajstić information content (AvgIpc) is 3.37. The van der Waals surface area contributed by atoms with Crippen molar-refractivity contribution in [3.05, 3.63) is 53.0 Å². The molecule has 0 spiro atoms. The van der Waals surface area contributed by atoms with Crippen LogP contribution in [0.2, 0.25) is 0 Å². The number of thiophene rings is 1. The number of carbonyl (C=O) groups excluding carboxylic acids is 1. The largest absolute Gasteiger partial charge is 0.464 e. The lowest BCUT2D eigenvalue weighted by molar-refractivity contribution is 0.0531. The van der Waals surface area contributed by atoms with E-state index in [1.54, 1.807) is 19.9 Å². The number of nitrogens with zero attached hydrogens (tertiary/aromatic N) is 2. The van der Waals surface area contributed by atoms with Crippen molar-refractivity contribution < 1.29 is 19.4 Å². The molecule has 1 aromatic carbocycles.